The van der Waals surface area contributed by atoms with E-state index in [9.17, 15) is 4.39 Å². The lowest BCUT2D eigenvalue weighted by Crippen LogP contribution is -2.15. The first-order valence-electron chi connectivity index (χ1n) is 5.68. The van der Waals surface area contributed by atoms with Crippen molar-refractivity contribution >= 4 is 15.9 Å². The van der Waals surface area contributed by atoms with Crippen LogP contribution in [0, 0.1) is 12.7 Å². The van der Waals surface area contributed by atoms with E-state index >= 15 is 0 Å². The van der Waals surface area contributed by atoms with E-state index in [4.69, 9.17) is 5.73 Å². The molecule has 18 heavy (non-hydrogen) atoms. The number of rotatable bonds is 3. The van der Waals surface area contributed by atoms with E-state index in [1.54, 1.807) is 18.5 Å². The molecule has 0 saturated carbocycles. The molecule has 2 N–H and O–H groups in total. The van der Waals surface area contributed by atoms with Crippen LogP contribution in [0.15, 0.2) is 41.1 Å². The number of pyridine rings is 1. The Balaban J connectivity index is 2.21. The molecule has 0 fully saturated rings. The molecule has 0 saturated heterocycles. The summed E-state index contributed by atoms with van der Waals surface area (Å²) in [6.45, 7) is 1.96. The van der Waals surface area contributed by atoms with Gasteiger partial charge in [0, 0.05) is 22.9 Å². The van der Waals surface area contributed by atoms with Crippen LogP contribution in [0.2, 0.25) is 0 Å². The Morgan fingerprint density at radius 3 is 2.83 bits per heavy atom. The largest absolute Gasteiger partial charge is 0.324 e. The topological polar surface area (TPSA) is 38.9 Å². The summed E-state index contributed by atoms with van der Waals surface area (Å²) in [6, 6.07) is 6.71. The lowest BCUT2D eigenvalue weighted by atomic mass is 9.97. The third-order valence-corrected chi connectivity index (χ3v) is 3.41. The lowest BCUT2D eigenvalue weighted by molar-refractivity contribution is 0.592. The Kier molecular flexibility index (Phi) is 4.09. The number of hydrogen-bond donors (Lipinski definition) is 1. The van der Waals surface area contributed by atoms with Gasteiger partial charge in [0.05, 0.1) is 0 Å². The van der Waals surface area contributed by atoms with E-state index in [2.05, 4.69) is 20.9 Å². The molecule has 94 valence electrons. The summed E-state index contributed by atoms with van der Waals surface area (Å²) in [5, 5.41) is 0. The monoisotopic (exact) mass is 308 g/mol. The smallest absolute Gasteiger partial charge is 0.127 e. The van der Waals surface area contributed by atoms with Gasteiger partial charge >= 0.3 is 0 Å². The van der Waals surface area contributed by atoms with E-state index in [1.165, 1.54) is 6.07 Å². The highest BCUT2D eigenvalue weighted by Gasteiger charge is 2.12. The molecule has 0 aliphatic carbocycles. The molecule has 0 bridgehead atoms. The normalized spacial score (nSPS) is 12.4. The quantitative estimate of drug-likeness (QED) is 0.942. The summed E-state index contributed by atoms with van der Waals surface area (Å²) < 4.78 is 14.5. The molecule has 2 rings (SSSR count). The van der Waals surface area contributed by atoms with Crippen LogP contribution in [-0.4, -0.2) is 4.98 Å². The van der Waals surface area contributed by atoms with Crippen molar-refractivity contribution in [1.29, 1.82) is 0 Å². The number of nitrogens with zero attached hydrogens (tertiary/aromatic N) is 1. The van der Waals surface area contributed by atoms with Gasteiger partial charge in [0.2, 0.25) is 0 Å². The van der Waals surface area contributed by atoms with E-state index < -0.39 is 0 Å². The molecule has 0 radical (unpaired) electrons. The Morgan fingerprint density at radius 1 is 1.39 bits per heavy atom. The van der Waals surface area contributed by atoms with Crippen LogP contribution >= 0.6 is 15.9 Å². The van der Waals surface area contributed by atoms with Crippen molar-refractivity contribution in [2.45, 2.75) is 19.4 Å². The van der Waals surface area contributed by atoms with Crippen molar-refractivity contribution in [3.05, 3.63) is 63.6 Å². The van der Waals surface area contributed by atoms with Crippen molar-refractivity contribution in [2.24, 2.45) is 5.73 Å². The minimum atomic E-state index is -0.230. The molecular formula is C14H14BrFN2. The second-order valence-electron chi connectivity index (χ2n) is 4.28. The summed E-state index contributed by atoms with van der Waals surface area (Å²) in [6.07, 6.45) is 3.96. The summed E-state index contributed by atoms with van der Waals surface area (Å²) in [5.41, 5.74) is 8.79. The Bertz CT molecular complexity index is 557. The van der Waals surface area contributed by atoms with E-state index in [-0.39, 0.29) is 11.9 Å². The van der Waals surface area contributed by atoms with Crippen LogP contribution in [0.25, 0.3) is 0 Å². The van der Waals surface area contributed by atoms with Gasteiger partial charge in [0.25, 0.3) is 0 Å². The second-order valence-corrected chi connectivity index (χ2v) is 5.19. The zero-order chi connectivity index (χ0) is 13.1. The third-order valence-electron chi connectivity index (χ3n) is 2.92. The number of aromatic nitrogens is 1. The van der Waals surface area contributed by atoms with Gasteiger partial charge in [-0.15, -0.1) is 0 Å². The summed E-state index contributed by atoms with van der Waals surface area (Å²) in [7, 11) is 0. The van der Waals surface area contributed by atoms with E-state index in [0.717, 1.165) is 15.6 Å². The van der Waals surface area contributed by atoms with Crippen LogP contribution in [0.3, 0.4) is 0 Å². The zero-order valence-electron chi connectivity index (χ0n) is 10.0. The number of benzene rings is 1. The van der Waals surface area contributed by atoms with Gasteiger partial charge in [0.1, 0.15) is 5.82 Å². The Hall–Kier alpha value is -1.26. The summed E-state index contributed by atoms with van der Waals surface area (Å²) >= 11 is 3.24. The Morgan fingerprint density at radius 2 is 2.17 bits per heavy atom. The van der Waals surface area contributed by atoms with Gasteiger partial charge in [-0.3, -0.25) is 4.98 Å². The van der Waals surface area contributed by atoms with Crippen LogP contribution < -0.4 is 5.73 Å². The third kappa shape index (κ3) is 2.94. The average molecular weight is 309 g/mol. The predicted octanol–water partition coefficient (Wildman–Crippen LogP) is 3.53. The fourth-order valence-corrected chi connectivity index (χ4v) is 2.27. The van der Waals surface area contributed by atoms with Gasteiger partial charge < -0.3 is 5.73 Å². The average Bonchev–Trinajstić information content (AvgIpc) is 2.33. The van der Waals surface area contributed by atoms with E-state index in [1.807, 2.05) is 19.1 Å². The highest BCUT2D eigenvalue weighted by molar-refractivity contribution is 9.10. The first-order chi connectivity index (χ1) is 8.58. The standard InChI is InChI=1S/C14H14BrFN2/c1-9-8-18-5-4-12(9)14(17)6-10-2-3-11(15)7-13(10)16/h2-5,7-8,14H,6,17H2,1H3. The molecule has 1 aromatic carbocycles. The molecule has 0 amide bonds. The van der Waals surface area contributed by atoms with Gasteiger partial charge in [-0.05, 0) is 48.2 Å². The first-order valence-corrected chi connectivity index (χ1v) is 6.47. The van der Waals surface area contributed by atoms with Gasteiger partial charge in [0.15, 0.2) is 0 Å². The van der Waals surface area contributed by atoms with E-state index in [0.29, 0.717) is 12.0 Å². The molecular weight excluding hydrogens is 295 g/mol. The lowest BCUT2D eigenvalue weighted by Gasteiger charge is -2.15. The van der Waals surface area contributed by atoms with Gasteiger partial charge in [-0.2, -0.15) is 0 Å². The maximum atomic E-state index is 13.7. The molecule has 0 spiro atoms. The summed E-state index contributed by atoms with van der Waals surface area (Å²) in [5.74, 6) is -0.230. The van der Waals surface area contributed by atoms with Crippen LogP contribution in [0.1, 0.15) is 22.7 Å². The molecule has 2 nitrogen and oxygen atoms in total. The number of nitrogens with two attached hydrogens (primary N) is 1. The molecule has 1 heterocycles. The molecule has 0 aliphatic heterocycles. The SMILES string of the molecule is Cc1cnccc1C(N)Cc1ccc(Br)cc1F. The first kappa shape index (κ1) is 13.2. The maximum Gasteiger partial charge on any atom is 0.127 e. The van der Waals surface area contributed by atoms with Crippen LogP contribution in [0.4, 0.5) is 4.39 Å². The van der Waals surface area contributed by atoms with Crippen molar-refractivity contribution < 1.29 is 4.39 Å². The minimum Gasteiger partial charge on any atom is -0.324 e. The van der Waals surface area contributed by atoms with Crippen molar-refractivity contribution in [2.75, 3.05) is 0 Å². The minimum absolute atomic E-state index is 0.219. The van der Waals surface area contributed by atoms with Crippen molar-refractivity contribution in [3.63, 3.8) is 0 Å². The fourth-order valence-electron chi connectivity index (χ4n) is 1.93. The van der Waals surface area contributed by atoms with Crippen molar-refractivity contribution in [1.82, 2.24) is 4.98 Å². The number of aryl methyl sites for hydroxylation is 1. The highest BCUT2D eigenvalue weighted by atomic mass is 79.9. The number of hydrogen-bond acceptors (Lipinski definition) is 2. The van der Waals surface area contributed by atoms with Crippen LogP contribution in [-0.2, 0) is 6.42 Å². The fraction of sp³-hybridized carbons (Fsp3) is 0.214. The molecule has 0 aliphatic rings. The molecule has 1 aromatic heterocycles. The predicted molar refractivity (Wildman–Crippen MR) is 73.7 cm³/mol. The van der Waals surface area contributed by atoms with Gasteiger partial charge in [-0.25, -0.2) is 4.39 Å². The van der Waals surface area contributed by atoms with Gasteiger partial charge in [-0.1, -0.05) is 22.0 Å². The zero-order valence-corrected chi connectivity index (χ0v) is 11.6. The van der Waals surface area contributed by atoms with Crippen LogP contribution in [0.5, 0.6) is 0 Å². The van der Waals surface area contributed by atoms with Crippen molar-refractivity contribution in [3.8, 4) is 0 Å². The second kappa shape index (κ2) is 5.59. The maximum absolute atomic E-state index is 13.7. The highest BCUT2D eigenvalue weighted by Crippen LogP contribution is 2.22. The summed E-state index contributed by atoms with van der Waals surface area (Å²) in [4.78, 5) is 4.03. The molecule has 1 unspecified atom stereocenters. The number of halogens is 2. The molecule has 2 aromatic rings. The molecule has 4 heteroatoms. The Labute approximate surface area is 114 Å². The molecule has 1 atom stereocenters.